The van der Waals surface area contributed by atoms with Gasteiger partial charge in [-0.05, 0) is 0 Å². The smallest absolute Gasteiger partial charge is 0.155 e. The number of aryl methyl sites for hydroxylation is 1. The van der Waals surface area contributed by atoms with E-state index in [1.807, 2.05) is 19.4 Å². The van der Waals surface area contributed by atoms with E-state index in [4.69, 9.17) is 4.74 Å². The molecule has 0 aromatic carbocycles. The molecule has 1 saturated heterocycles. The molecule has 1 N–H and O–H groups in total. The third kappa shape index (κ3) is 3.14. The molecule has 2 aromatic heterocycles. The molecule has 0 bridgehead atoms. The van der Waals surface area contributed by atoms with Crippen molar-refractivity contribution in [2.75, 3.05) is 19.7 Å². The maximum absolute atomic E-state index is 5.83. The normalized spacial score (nSPS) is 20.3. The number of hydrogen-bond acceptors (Lipinski definition) is 5. The highest BCUT2D eigenvalue weighted by atomic mass is 16.5. The first kappa shape index (κ1) is 14.2. The van der Waals surface area contributed by atoms with Crippen molar-refractivity contribution >= 4 is 0 Å². The monoisotopic (exact) mass is 290 g/mol. The van der Waals surface area contributed by atoms with Crippen LogP contribution in [0.5, 0.6) is 0 Å². The lowest BCUT2D eigenvalue weighted by atomic mass is 10.2. The highest BCUT2D eigenvalue weighted by Gasteiger charge is 2.25. The van der Waals surface area contributed by atoms with Gasteiger partial charge in [-0.15, -0.1) is 0 Å². The summed E-state index contributed by atoms with van der Waals surface area (Å²) in [4.78, 5) is 11.3. The summed E-state index contributed by atoms with van der Waals surface area (Å²) in [5.41, 5.74) is 0. The summed E-state index contributed by atoms with van der Waals surface area (Å²) in [6.07, 6.45) is 3.76. The van der Waals surface area contributed by atoms with E-state index in [1.165, 1.54) is 0 Å². The van der Waals surface area contributed by atoms with Gasteiger partial charge in [0.1, 0.15) is 11.9 Å². The summed E-state index contributed by atoms with van der Waals surface area (Å²) in [7, 11) is 2.02. The number of imidazole rings is 1. The minimum atomic E-state index is -0.0426. The first-order valence-corrected chi connectivity index (χ1v) is 7.36. The summed E-state index contributed by atoms with van der Waals surface area (Å²) in [5, 5.41) is 7.27. The number of nitrogens with zero attached hydrogens (tertiary/aromatic N) is 5. The standard InChI is InChI=1S/C14H22N6O/c1-10(2)13-16-14(18-17-13)11-8-20(6-7-21-11)9-12-15-4-5-19(12)3/h4-5,10-11H,6-9H2,1-3H3,(H,16,17,18). The van der Waals surface area contributed by atoms with Crippen molar-refractivity contribution in [3.05, 3.63) is 29.9 Å². The van der Waals surface area contributed by atoms with Gasteiger partial charge in [-0.25, -0.2) is 9.97 Å². The van der Waals surface area contributed by atoms with Gasteiger partial charge in [-0.3, -0.25) is 10.00 Å². The summed E-state index contributed by atoms with van der Waals surface area (Å²) in [5.74, 6) is 3.05. The van der Waals surface area contributed by atoms with Gasteiger partial charge in [-0.1, -0.05) is 13.8 Å². The van der Waals surface area contributed by atoms with Crippen molar-refractivity contribution in [1.29, 1.82) is 0 Å². The molecule has 1 unspecified atom stereocenters. The Balaban J connectivity index is 1.66. The van der Waals surface area contributed by atoms with E-state index >= 15 is 0 Å². The lowest BCUT2D eigenvalue weighted by Crippen LogP contribution is -2.38. The minimum Gasteiger partial charge on any atom is -0.368 e. The second-order valence-corrected chi connectivity index (χ2v) is 5.78. The SMILES string of the molecule is CC(C)c1n[nH]c(C2CN(Cc3nccn3C)CCO2)n1. The molecule has 0 amide bonds. The molecule has 0 spiro atoms. The van der Waals surface area contributed by atoms with E-state index < -0.39 is 0 Å². The zero-order valence-electron chi connectivity index (χ0n) is 12.8. The van der Waals surface area contributed by atoms with Crippen LogP contribution in [0.3, 0.4) is 0 Å². The highest BCUT2D eigenvalue weighted by molar-refractivity contribution is 5.00. The Labute approximate surface area is 124 Å². The Morgan fingerprint density at radius 3 is 3.00 bits per heavy atom. The predicted molar refractivity (Wildman–Crippen MR) is 77.6 cm³/mol. The lowest BCUT2D eigenvalue weighted by molar-refractivity contribution is -0.0380. The third-order valence-corrected chi connectivity index (χ3v) is 3.78. The molecular formula is C14H22N6O. The molecule has 3 rings (SSSR count). The van der Waals surface area contributed by atoms with Crippen molar-refractivity contribution < 1.29 is 4.74 Å². The Morgan fingerprint density at radius 1 is 1.48 bits per heavy atom. The number of aromatic amines is 1. The van der Waals surface area contributed by atoms with Crippen LogP contribution in [0.2, 0.25) is 0 Å². The van der Waals surface area contributed by atoms with Gasteiger partial charge in [0.25, 0.3) is 0 Å². The maximum atomic E-state index is 5.83. The second-order valence-electron chi connectivity index (χ2n) is 5.78. The number of ether oxygens (including phenoxy) is 1. The van der Waals surface area contributed by atoms with Crippen molar-refractivity contribution in [3.8, 4) is 0 Å². The summed E-state index contributed by atoms with van der Waals surface area (Å²) >= 11 is 0. The molecule has 0 radical (unpaired) electrons. The fourth-order valence-electron chi connectivity index (χ4n) is 2.45. The first-order valence-electron chi connectivity index (χ1n) is 7.36. The number of H-pyrrole nitrogens is 1. The van der Waals surface area contributed by atoms with Gasteiger partial charge in [0, 0.05) is 38.4 Å². The number of morpholine rings is 1. The molecule has 7 heteroatoms. The van der Waals surface area contributed by atoms with Crippen molar-refractivity contribution in [1.82, 2.24) is 29.6 Å². The van der Waals surface area contributed by atoms with E-state index in [2.05, 4.69) is 43.5 Å². The number of hydrogen-bond donors (Lipinski definition) is 1. The quantitative estimate of drug-likeness (QED) is 0.917. The van der Waals surface area contributed by atoms with E-state index in [0.29, 0.717) is 12.5 Å². The van der Waals surface area contributed by atoms with Crippen LogP contribution < -0.4 is 0 Å². The van der Waals surface area contributed by atoms with Crippen LogP contribution in [0.1, 0.15) is 43.3 Å². The van der Waals surface area contributed by atoms with Crippen LogP contribution in [-0.2, 0) is 18.3 Å². The Kier molecular flexibility index (Phi) is 4.03. The van der Waals surface area contributed by atoms with Crippen molar-refractivity contribution in [3.63, 3.8) is 0 Å². The first-order chi connectivity index (χ1) is 10.1. The van der Waals surface area contributed by atoms with E-state index in [-0.39, 0.29) is 6.10 Å². The van der Waals surface area contributed by atoms with E-state index in [1.54, 1.807) is 0 Å². The lowest BCUT2D eigenvalue weighted by Gasteiger charge is -2.31. The second kappa shape index (κ2) is 5.95. The molecule has 3 heterocycles. The van der Waals surface area contributed by atoms with Crippen LogP contribution in [0.4, 0.5) is 0 Å². The highest BCUT2D eigenvalue weighted by Crippen LogP contribution is 2.21. The minimum absolute atomic E-state index is 0.0426. The van der Waals surface area contributed by atoms with Gasteiger partial charge in [-0.2, -0.15) is 5.10 Å². The Bertz CT molecular complexity index is 590. The van der Waals surface area contributed by atoms with Crippen LogP contribution in [0, 0.1) is 0 Å². The van der Waals surface area contributed by atoms with Gasteiger partial charge in [0.15, 0.2) is 11.6 Å². The molecule has 114 valence electrons. The molecule has 1 aliphatic heterocycles. The number of rotatable bonds is 4. The molecule has 0 aliphatic carbocycles. The largest absolute Gasteiger partial charge is 0.368 e. The Morgan fingerprint density at radius 2 is 2.33 bits per heavy atom. The summed E-state index contributed by atoms with van der Waals surface area (Å²) < 4.78 is 7.89. The van der Waals surface area contributed by atoms with Gasteiger partial charge in [0.05, 0.1) is 13.2 Å². The fourth-order valence-corrected chi connectivity index (χ4v) is 2.45. The van der Waals surface area contributed by atoms with E-state index in [0.717, 1.165) is 37.1 Å². The molecular weight excluding hydrogens is 268 g/mol. The zero-order chi connectivity index (χ0) is 14.8. The van der Waals surface area contributed by atoms with Crippen molar-refractivity contribution in [2.45, 2.75) is 32.4 Å². The van der Waals surface area contributed by atoms with Crippen LogP contribution in [0.25, 0.3) is 0 Å². The van der Waals surface area contributed by atoms with Crippen LogP contribution in [0.15, 0.2) is 12.4 Å². The van der Waals surface area contributed by atoms with Gasteiger partial charge >= 0.3 is 0 Å². The fraction of sp³-hybridized carbons (Fsp3) is 0.643. The van der Waals surface area contributed by atoms with Crippen LogP contribution in [-0.4, -0.2) is 49.3 Å². The molecule has 0 saturated carbocycles. The predicted octanol–water partition coefficient (Wildman–Crippen LogP) is 1.24. The van der Waals surface area contributed by atoms with Gasteiger partial charge < -0.3 is 9.30 Å². The van der Waals surface area contributed by atoms with E-state index in [9.17, 15) is 0 Å². The number of nitrogens with one attached hydrogen (secondary N) is 1. The van der Waals surface area contributed by atoms with Crippen molar-refractivity contribution in [2.24, 2.45) is 7.05 Å². The molecule has 1 fully saturated rings. The molecule has 1 atom stereocenters. The van der Waals surface area contributed by atoms with Gasteiger partial charge in [0.2, 0.25) is 0 Å². The number of aromatic nitrogens is 5. The molecule has 21 heavy (non-hydrogen) atoms. The zero-order valence-corrected chi connectivity index (χ0v) is 12.8. The topological polar surface area (TPSA) is 71.9 Å². The Hall–Kier alpha value is -1.73. The molecule has 7 nitrogen and oxygen atoms in total. The average Bonchev–Trinajstić information content (AvgIpc) is 3.09. The average molecular weight is 290 g/mol. The van der Waals surface area contributed by atoms with Crippen LogP contribution >= 0.6 is 0 Å². The summed E-state index contributed by atoms with van der Waals surface area (Å²) in [6.45, 7) is 7.42. The maximum Gasteiger partial charge on any atom is 0.155 e. The summed E-state index contributed by atoms with van der Waals surface area (Å²) in [6, 6.07) is 0. The third-order valence-electron chi connectivity index (χ3n) is 3.78. The molecule has 2 aromatic rings. The molecule has 1 aliphatic rings.